The maximum atomic E-state index is 10.2. The summed E-state index contributed by atoms with van der Waals surface area (Å²) >= 11 is 3.48. The third-order valence-corrected chi connectivity index (χ3v) is 0.869. The summed E-state index contributed by atoms with van der Waals surface area (Å²) in [5.41, 5.74) is 0. The van der Waals surface area contributed by atoms with Crippen molar-refractivity contribution >= 4 is 17.7 Å². The molecule has 1 rings (SSSR count). The Bertz CT molecular complexity index is 182. The van der Waals surface area contributed by atoms with E-state index < -0.39 is 5.12 Å². The summed E-state index contributed by atoms with van der Waals surface area (Å²) in [5, 5.41) is 2.90. The first-order chi connectivity index (χ1) is 3.80. The number of rotatable bonds is 1. The number of carbonyl (C=O) groups excluding carboxylic acids is 1. The predicted molar refractivity (Wildman–Crippen MR) is 29.8 cm³/mol. The zero-order valence-electron chi connectivity index (χ0n) is 3.87. The van der Waals surface area contributed by atoms with E-state index in [9.17, 15) is 4.79 Å². The van der Waals surface area contributed by atoms with Crippen molar-refractivity contribution in [2.75, 3.05) is 0 Å². The summed E-state index contributed by atoms with van der Waals surface area (Å²) in [6.07, 6.45) is 1.39. The highest BCUT2D eigenvalue weighted by Gasteiger charge is 2.00. The van der Waals surface area contributed by atoms with E-state index in [0.717, 1.165) is 0 Å². The number of aromatic nitrogens is 1. The van der Waals surface area contributed by atoms with Gasteiger partial charge in [0.05, 0.1) is 6.20 Å². The summed E-state index contributed by atoms with van der Waals surface area (Å²) in [5.74, 6) is 0.174. The Morgan fingerprint density at radius 1 is 1.88 bits per heavy atom. The van der Waals surface area contributed by atoms with E-state index in [1.165, 1.54) is 12.3 Å². The molecule has 0 aliphatic rings. The molecule has 0 amide bonds. The molecule has 0 saturated heterocycles. The molecule has 0 radical (unpaired) electrons. The van der Waals surface area contributed by atoms with Gasteiger partial charge in [-0.25, -0.2) is 0 Å². The minimum absolute atomic E-state index is 0.174. The van der Waals surface area contributed by atoms with Gasteiger partial charge in [0, 0.05) is 6.07 Å². The first-order valence-corrected chi connectivity index (χ1v) is 2.39. The van der Waals surface area contributed by atoms with Gasteiger partial charge in [-0.1, -0.05) is 17.8 Å². The molecule has 0 aliphatic carbocycles. The zero-order valence-corrected chi connectivity index (χ0v) is 4.76. The average Bonchev–Trinajstić information content (AvgIpc) is 2.12. The maximum Gasteiger partial charge on any atom is 0.254 e. The van der Waals surface area contributed by atoms with Crippen LogP contribution in [0.15, 0.2) is 16.8 Å². The van der Waals surface area contributed by atoms with Gasteiger partial charge in [0.25, 0.3) is 5.12 Å². The molecule has 4 heteroatoms. The Morgan fingerprint density at radius 3 is 2.88 bits per heavy atom. The average molecular weight is 129 g/mol. The molecular weight excluding hydrogens is 126 g/mol. The summed E-state index contributed by atoms with van der Waals surface area (Å²) in [6.45, 7) is 0. The molecule has 0 fully saturated rings. The van der Waals surface area contributed by atoms with E-state index in [0.29, 0.717) is 0 Å². The van der Waals surface area contributed by atoms with E-state index >= 15 is 0 Å². The Balaban J connectivity index is 2.93. The number of thiol groups is 1. The van der Waals surface area contributed by atoms with Gasteiger partial charge in [-0.3, -0.25) is 4.79 Å². The van der Waals surface area contributed by atoms with E-state index in [1.807, 2.05) is 0 Å². The molecule has 0 spiro atoms. The fourth-order valence-corrected chi connectivity index (χ4v) is 0.441. The van der Waals surface area contributed by atoms with Crippen LogP contribution in [0.4, 0.5) is 0 Å². The van der Waals surface area contributed by atoms with Crippen molar-refractivity contribution < 1.29 is 9.32 Å². The van der Waals surface area contributed by atoms with Gasteiger partial charge in [0.2, 0.25) is 5.76 Å². The van der Waals surface area contributed by atoms with Crippen LogP contribution in [0.1, 0.15) is 10.6 Å². The molecular formula is C4H3NO2S. The fraction of sp³-hybridized carbons (Fsp3) is 0. The van der Waals surface area contributed by atoms with Crippen LogP contribution in [0.2, 0.25) is 0 Å². The third-order valence-electron chi connectivity index (χ3n) is 0.649. The van der Waals surface area contributed by atoms with Crippen LogP contribution in [0.25, 0.3) is 0 Å². The lowest BCUT2D eigenvalue weighted by Crippen LogP contribution is -1.81. The monoisotopic (exact) mass is 129 g/mol. The summed E-state index contributed by atoms with van der Waals surface area (Å²) in [6, 6.07) is 1.45. The SMILES string of the molecule is O=C(S)c1ccno1. The fourth-order valence-electron chi connectivity index (χ4n) is 0.326. The second-order valence-electron chi connectivity index (χ2n) is 1.18. The highest BCUT2D eigenvalue weighted by Crippen LogP contribution is 1.99. The van der Waals surface area contributed by atoms with Crippen molar-refractivity contribution in [3.63, 3.8) is 0 Å². The second kappa shape index (κ2) is 2.00. The maximum absolute atomic E-state index is 10.2. The Labute approximate surface area is 51.1 Å². The van der Waals surface area contributed by atoms with Crippen LogP contribution in [0, 0.1) is 0 Å². The number of hydrogen-bond acceptors (Lipinski definition) is 3. The first kappa shape index (κ1) is 5.37. The van der Waals surface area contributed by atoms with Crippen molar-refractivity contribution in [1.29, 1.82) is 0 Å². The van der Waals surface area contributed by atoms with Crippen molar-refractivity contribution in [3.8, 4) is 0 Å². The van der Waals surface area contributed by atoms with E-state index in [1.54, 1.807) is 0 Å². The highest BCUT2D eigenvalue weighted by molar-refractivity contribution is 7.97. The topological polar surface area (TPSA) is 43.1 Å². The third kappa shape index (κ3) is 0.894. The molecule has 1 heterocycles. The lowest BCUT2D eigenvalue weighted by Gasteiger charge is -1.76. The van der Waals surface area contributed by atoms with E-state index in [4.69, 9.17) is 0 Å². The van der Waals surface area contributed by atoms with Crippen LogP contribution in [0.3, 0.4) is 0 Å². The quantitative estimate of drug-likeness (QED) is 0.569. The molecule has 0 bridgehead atoms. The van der Waals surface area contributed by atoms with Gasteiger partial charge < -0.3 is 4.52 Å². The van der Waals surface area contributed by atoms with Crippen LogP contribution in [-0.2, 0) is 0 Å². The molecule has 1 aromatic heterocycles. The smallest absolute Gasteiger partial charge is 0.254 e. The van der Waals surface area contributed by atoms with Crippen LogP contribution in [0.5, 0.6) is 0 Å². The van der Waals surface area contributed by atoms with Crippen LogP contribution >= 0.6 is 12.6 Å². The lowest BCUT2D eigenvalue weighted by molar-refractivity contribution is 0.105. The van der Waals surface area contributed by atoms with Crippen molar-refractivity contribution in [1.82, 2.24) is 5.16 Å². The molecule has 0 atom stereocenters. The molecule has 1 aromatic rings. The largest absolute Gasteiger partial charge is 0.352 e. The highest BCUT2D eigenvalue weighted by atomic mass is 32.1. The number of hydrogen-bond donors (Lipinski definition) is 1. The van der Waals surface area contributed by atoms with Crippen molar-refractivity contribution in [2.24, 2.45) is 0 Å². The summed E-state index contributed by atoms with van der Waals surface area (Å²) in [4.78, 5) is 10.2. The minimum atomic E-state index is -0.400. The number of carbonyl (C=O) groups is 1. The Kier molecular flexibility index (Phi) is 1.34. The van der Waals surface area contributed by atoms with Gasteiger partial charge in [-0.15, -0.1) is 0 Å². The zero-order chi connectivity index (χ0) is 5.98. The Morgan fingerprint density at radius 2 is 2.62 bits per heavy atom. The van der Waals surface area contributed by atoms with Gasteiger partial charge >= 0.3 is 0 Å². The molecule has 42 valence electrons. The molecule has 0 saturated carbocycles. The normalized spacial score (nSPS) is 9.12. The van der Waals surface area contributed by atoms with E-state index in [-0.39, 0.29) is 5.76 Å². The van der Waals surface area contributed by atoms with Crippen LogP contribution < -0.4 is 0 Å². The minimum Gasteiger partial charge on any atom is -0.352 e. The summed E-state index contributed by atoms with van der Waals surface area (Å²) < 4.78 is 4.42. The summed E-state index contributed by atoms with van der Waals surface area (Å²) in [7, 11) is 0. The van der Waals surface area contributed by atoms with Gasteiger partial charge in [-0.05, 0) is 0 Å². The van der Waals surface area contributed by atoms with Gasteiger partial charge in [0.1, 0.15) is 0 Å². The molecule has 8 heavy (non-hydrogen) atoms. The van der Waals surface area contributed by atoms with Crippen molar-refractivity contribution in [2.45, 2.75) is 0 Å². The van der Waals surface area contributed by atoms with Crippen molar-refractivity contribution in [3.05, 3.63) is 18.0 Å². The molecule has 3 nitrogen and oxygen atoms in total. The molecule has 0 N–H and O–H groups in total. The number of nitrogens with zero attached hydrogens (tertiary/aromatic N) is 1. The van der Waals surface area contributed by atoms with Gasteiger partial charge in [-0.2, -0.15) is 0 Å². The first-order valence-electron chi connectivity index (χ1n) is 1.94. The van der Waals surface area contributed by atoms with Crippen LogP contribution in [-0.4, -0.2) is 10.3 Å². The molecule has 0 aromatic carbocycles. The predicted octanol–water partition coefficient (Wildman–Crippen LogP) is 0.745. The van der Waals surface area contributed by atoms with E-state index in [2.05, 4.69) is 22.3 Å². The molecule has 0 aliphatic heterocycles. The lowest BCUT2D eigenvalue weighted by atomic mass is 10.5. The van der Waals surface area contributed by atoms with Gasteiger partial charge in [0.15, 0.2) is 0 Å². The molecule has 0 unspecified atom stereocenters. The standard InChI is InChI=1S/C4H3NO2S/c6-4(8)3-1-2-5-7-3/h1-2H,(H,6,8). The second-order valence-corrected chi connectivity index (χ2v) is 1.59. The Hall–Kier alpha value is -0.770.